The van der Waals surface area contributed by atoms with Crippen LogP contribution in [0.25, 0.3) is 21.9 Å². The van der Waals surface area contributed by atoms with Gasteiger partial charge in [0.25, 0.3) is 0 Å². The minimum atomic E-state index is 0.777. The number of H-pyrrole nitrogens is 1. The molecule has 2 heterocycles. The van der Waals surface area contributed by atoms with E-state index in [4.69, 9.17) is 4.42 Å². The van der Waals surface area contributed by atoms with Crippen molar-refractivity contribution >= 4 is 21.9 Å². The molecule has 74 valence electrons. The van der Waals surface area contributed by atoms with Gasteiger partial charge in [-0.3, -0.25) is 0 Å². The van der Waals surface area contributed by atoms with Crippen LogP contribution in [0.3, 0.4) is 0 Å². The first-order valence-electron chi connectivity index (χ1n) is 5.41. The van der Waals surface area contributed by atoms with Crippen LogP contribution in [0.1, 0.15) is 24.5 Å². The number of fused-ring (bicyclic) bond motifs is 3. The third-order valence-corrected chi connectivity index (χ3v) is 3.26. The maximum Gasteiger partial charge on any atom is 0.135 e. The van der Waals surface area contributed by atoms with Crippen LogP contribution in [-0.2, 0) is 0 Å². The molecule has 0 unspecified atom stereocenters. The average Bonchev–Trinajstić information content (AvgIpc) is 2.84. The summed E-state index contributed by atoms with van der Waals surface area (Å²) in [5.41, 5.74) is 3.58. The third kappa shape index (κ3) is 0.990. The number of furan rings is 1. The molecule has 0 bridgehead atoms. The maximum atomic E-state index is 5.39. The molecule has 1 N–H and O–H groups in total. The molecule has 2 heteroatoms. The van der Waals surface area contributed by atoms with Crippen LogP contribution in [0.15, 0.2) is 34.9 Å². The number of nitrogens with one attached hydrogen (secondary N) is 1. The van der Waals surface area contributed by atoms with E-state index in [-0.39, 0.29) is 0 Å². The molecule has 1 saturated carbocycles. The van der Waals surface area contributed by atoms with Gasteiger partial charge in [0, 0.05) is 16.5 Å². The molecule has 2 aromatic heterocycles. The highest BCUT2D eigenvalue weighted by Gasteiger charge is 2.25. The van der Waals surface area contributed by atoms with Crippen LogP contribution in [-0.4, -0.2) is 4.98 Å². The van der Waals surface area contributed by atoms with Crippen molar-refractivity contribution in [3.63, 3.8) is 0 Å². The molecular formula is C13H11NO. The molecule has 0 saturated heterocycles. The summed E-state index contributed by atoms with van der Waals surface area (Å²) in [4.78, 5) is 3.53. The molecular weight excluding hydrogens is 186 g/mol. The third-order valence-electron chi connectivity index (χ3n) is 3.26. The number of hydrogen-bond donors (Lipinski definition) is 1. The van der Waals surface area contributed by atoms with Gasteiger partial charge in [-0.25, -0.2) is 0 Å². The number of aromatic nitrogens is 1. The van der Waals surface area contributed by atoms with E-state index in [2.05, 4.69) is 17.1 Å². The van der Waals surface area contributed by atoms with Gasteiger partial charge in [-0.2, -0.15) is 0 Å². The van der Waals surface area contributed by atoms with E-state index < -0.39 is 0 Å². The Labute approximate surface area is 86.9 Å². The topological polar surface area (TPSA) is 28.9 Å². The number of aromatic amines is 1. The molecule has 1 fully saturated rings. The predicted octanol–water partition coefficient (Wildman–Crippen LogP) is 3.79. The molecule has 1 aliphatic rings. The summed E-state index contributed by atoms with van der Waals surface area (Å²) >= 11 is 0. The van der Waals surface area contributed by atoms with Crippen molar-refractivity contribution in [3.05, 3.63) is 36.2 Å². The Morgan fingerprint density at radius 3 is 3.00 bits per heavy atom. The van der Waals surface area contributed by atoms with Crippen molar-refractivity contribution < 1.29 is 4.42 Å². The van der Waals surface area contributed by atoms with Crippen molar-refractivity contribution in [1.82, 2.24) is 4.98 Å². The van der Waals surface area contributed by atoms with Gasteiger partial charge >= 0.3 is 0 Å². The van der Waals surface area contributed by atoms with E-state index in [1.165, 1.54) is 34.8 Å². The summed E-state index contributed by atoms with van der Waals surface area (Å²) in [6, 6.07) is 8.48. The molecule has 3 aromatic rings. The Balaban J connectivity index is 2.12. The Kier molecular flexibility index (Phi) is 1.24. The zero-order valence-corrected chi connectivity index (χ0v) is 8.29. The summed E-state index contributed by atoms with van der Waals surface area (Å²) in [7, 11) is 0. The highest BCUT2D eigenvalue weighted by Crippen LogP contribution is 2.41. The molecule has 1 aliphatic carbocycles. The lowest BCUT2D eigenvalue weighted by atomic mass is 10.2. The lowest BCUT2D eigenvalue weighted by molar-refractivity contribution is 0.616. The smallest absolute Gasteiger partial charge is 0.135 e. The monoisotopic (exact) mass is 197 g/mol. The molecule has 4 rings (SSSR count). The second kappa shape index (κ2) is 2.45. The van der Waals surface area contributed by atoms with Crippen LogP contribution in [0.5, 0.6) is 0 Å². The van der Waals surface area contributed by atoms with Gasteiger partial charge in [-0.05, 0) is 43.0 Å². The first-order valence-corrected chi connectivity index (χ1v) is 5.41. The van der Waals surface area contributed by atoms with Crippen LogP contribution in [0, 0.1) is 0 Å². The van der Waals surface area contributed by atoms with Crippen molar-refractivity contribution in [2.75, 3.05) is 0 Å². The Bertz CT molecular complexity index is 643. The average molecular weight is 197 g/mol. The summed E-state index contributed by atoms with van der Waals surface area (Å²) < 4.78 is 5.39. The van der Waals surface area contributed by atoms with E-state index in [0.29, 0.717) is 0 Å². The van der Waals surface area contributed by atoms with E-state index in [0.717, 1.165) is 11.5 Å². The minimum Gasteiger partial charge on any atom is -0.464 e. The Hall–Kier alpha value is -1.70. The highest BCUT2D eigenvalue weighted by molar-refractivity contribution is 6.03. The largest absolute Gasteiger partial charge is 0.464 e. The molecule has 0 aliphatic heterocycles. The van der Waals surface area contributed by atoms with Crippen molar-refractivity contribution in [2.45, 2.75) is 18.8 Å². The maximum absolute atomic E-state index is 5.39. The number of rotatable bonds is 1. The Morgan fingerprint density at radius 1 is 1.20 bits per heavy atom. The lowest BCUT2D eigenvalue weighted by Gasteiger charge is -1.91. The second-order valence-electron chi connectivity index (χ2n) is 4.36. The van der Waals surface area contributed by atoms with Crippen molar-refractivity contribution in [3.8, 4) is 0 Å². The van der Waals surface area contributed by atoms with Crippen LogP contribution < -0.4 is 0 Å². The minimum absolute atomic E-state index is 0.777. The van der Waals surface area contributed by atoms with E-state index in [1.807, 2.05) is 12.1 Å². The summed E-state index contributed by atoms with van der Waals surface area (Å²) in [6.45, 7) is 0. The van der Waals surface area contributed by atoms with Gasteiger partial charge in [-0.1, -0.05) is 0 Å². The fourth-order valence-electron chi connectivity index (χ4n) is 2.28. The molecule has 15 heavy (non-hydrogen) atoms. The molecule has 0 radical (unpaired) electrons. The molecule has 0 spiro atoms. The van der Waals surface area contributed by atoms with Crippen molar-refractivity contribution in [1.29, 1.82) is 0 Å². The van der Waals surface area contributed by atoms with Gasteiger partial charge in [0.05, 0.1) is 11.8 Å². The predicted molar refractivity (Wildman–Crippen MR) is 60.0 cm³/mol. The summed E-state index contributed by atoms with van der Waals surface area (Å²) in [6.07, 6.45) is 4.42. The first-order chi connectivity index (χ1) is 7.42. The zero-order chi connectivity index (χ0) is 9.83. The van der Waals surface area contributed by atoms with Crippen molar-refractivity contribution in [2.24, 2.45) is 0 Å². The van der Waals surface area contributed by atoms with Crippen LogP contribution >= 0.6 is 0 Å². The molecule has 2 nitrogen and oxygen atoms in total. The quantitative estimate of drug-likeness (QED) is 0.631. The number of benzene rings is 1. The molecule has 0 atom stereocenters. The number of hydrogen-bond acceptors (Lipinski definition) is 1. The normalized spacial score (nSPS) is 16.5. The SMILES string of the molecule is c1cc2c(ccc3cc(C4CC4)[nH]c32)o1. The fraction of sp³-hybridized carbons (Fsp3) is 0.231. The summed E-state index contributed by atoms with van der Waals surface area (Å²) in [5, 5.41) is 2.49. The van der Waals surface area contributed by atoms with E-state index >= 15 is 0 Å². The van der Waals surface area contributed by atoms with E-state index in [1.54, 1.807) is 6.26 Å². The van der Waals surface area contributed by atoms with Gasteiger partial charge in [0.15, 0.2) is 0 Å². The second-order valence-corrected chi connectivity index (χ2v) is 4.36. The molecule has 0 amide bonds. The van der Waals surface area contributed by atoms with Gasteiger partial charge in [0.1, 0.15) is 5.58 Å². The van der Waals surface area contributed by atoms with Gasteiger partial charge in [0.2, 0.25) is 0 Å². The standard InChI is InChI=1S/C13H11NO/c1-2-8(1)11-7-9-3-4-12-10(5-6-15-12)13(9)14-11/h3-8,14H,1-2H2. The van der Waals surface area contributed by atoms with Gasteiger partial charge in [-0.15, -0.1) is 0 Å². The first kappa shape index (κ1) is 7.57. The Morgan fingerprint density at radius 2 is 2.13 bits per heavy atom. The van der Waals surface area contributed by atoms with E-state index in [9.17, 15) is 0 Å². The van der Waals surface area contributed by atoms with Crippen LogP contribution in [0.4, 0.5) is 0 Å². The van der Waals surface area contributed by atoms with Gasteiger partial charge < -0.3 is 9.40 Å². The lowest BCUT2D eigenvalue weighted by Crippen LogP contribution is -1.75. The fourth-order valence-corrected chi connectivity index (χ4v) is 2.28. The molecule has 1 aromatic carbocycles. The summed E-state index contributed by atoms with van der Waals surface area (Å²) in [5.74, 6) is 0.777. The zero-order valence-electron chi connectivity index (χ0n) is 8.29. The van der Waals surface area contributed by atoms with Crippen LogP contribution in [0.2, 0.25) is 0 Å². The highest BCUT2D eigenvalue weighted by atomic mass is 16.3.